The number of anilines is 1. The third kappa shape index (κ3) is 4.04. The Morgan fingerprint density at radius 2 is 2.17 bits per heavy atom. The Morgan fingerprint density at radius 1 is 1.39 bits per heavy atom. The number of nitrogen functional groups attached to an aromatic ring is 1. The summed E-state index contributed by atoms with van der Waals surface area (Å²) < 4.78 is 1.48. The van der Waals surface area contributed by atoms with E-state index in [1.165, 1.54) is 4.68 Å². The molecular formula is C15H20N6O2. The highest BCUT2D eigenvalue weighted by Gasteiger charge is 2.23. The summed E-state index contributed by atoms with van der Waals surface area (Å²) in [4.78, 5) is 21.1. The minimum atomic E-state index is -0.881. The van der Waals surface area contributed by atoms with Crippen LogP contribution < -0.4 is 5.73 Å². The molecule has 0 aliphatic carbocycles. The number of aromatic nitrogens is 4. The molecule has 3 N–H and O–H groups in total. The molecule has 8 heteroatoms. The molecule has 0 bridgehead atoms. The Balaban J connectivity index is 1.62. The maximum absolute atomic E-state index is 10.7. The molecule has 0 aromatic carbocycles. The van der Waals surface area contributed by atoms with Crippen LogP contribution in [0.4, 0.5) is 5.95 Å². The first-order valence-corrected chi connectivity index (χ1v) is 7.64. The van der Waals surface area contributed by atoms with Crippen LogP contribution in [0.2, 0.25) is 0 Å². The molecule has 0 spiro atoms. The summed E-state index contributed by atoms with van der Waals surface area (Å²) in [5.74, 6) is -0.268. The molecule has 1 fully saturated rings. The summed E-state index contributed by atoms with van der Waals surface area (Å²) in [7, 11) is 0. The van der Waals surface area contributed by atoms with E-state index >= 15 is 0 Å². The molecule has 3 rings (SSSR count). The summed E-state index contributed by atoms with van der Waals surface area (Å²) in [5.41, 5.74) is 7.51. The number of hydrogen-bond donors (Lipinski definition) is 2. The van der Waals surface area contributed by atoms with Crippen LogP contribution in [-0.4, -0.2) is 48.8 Å². The third-order valence-electron chi connectivity index (χ3n) is 4.01. The van der Waals surface area contributed by atoms with E-state index in [2.05, 4.69) is 20.0 Å². The number of piperidine rings is 1. The fourth-order valence-corrected chi connectivity index (χ4v) is 2.97. The summed E-state index contributed by atoms with van der Waals surface area (Å²) in [6, 6.07) is 1.92. The van der Waals surface area contributed by atoms with Gasteiger partial charge >= 0.3 is 5.97 Å². The van der Waals surface area contributed by atoms with Crippen molar-refractivity contribution < 1.29 is 9.90 Å². The van der Waals surface area contributed by atoms with E-state index in [4.69, 9.17) is 10.8 Å². The van der Waals surface area contributed by atoms with Crippen molar-refractivity contribution in [2.75, 3.05) is 18.8 Å². The number of rotatable bonds is 5. The van der Waals surface area contributed by atoms with Gasteiger partial charge < -0.3 is 10.8 Å². The lowest BCUT2D eigenvalue weighted by Crippen LogP contribution is -2.34. The van der Waals surface area contributed by atoms with E-state index in [1.807, 2.05) is 6.07 Å². The first kappa shape index (κ1) is 15.4. The zero-order valence-electron chi connectivity index (χ0n) is 12.8. The Labute approximate surface area is 134 Å². The summed E-state index contributed by atoms with van der Waals surface area (Å²) in [6.45, 7) is 2.61. The topological polar surface area (TPSA) is 110 Å². The molecule has 122 valence electrons. The standard InChI is InChI=1S/C15H20N6O2/c16-15-17-6-11(7-18-15)8-20-4-1-2-12(9-20)13-3-5-21(19-13)10-14(22)23/h3,5-7,12H,1-2,4,8-10H2,(H,22,23)(H2,16,17,18)/t12-/m1/s1. The minimum absolute atomic E-state index is 0.0980. The number of carbonyl (C=O) groups is 1. The van der Waals surface area contributed by atoms with E-state index < -0.39 is 5.97 Å². The van der Waals surface area contributed by atoms with E-state index in [9.17, 15) is 4.79 Å². The predicted octanol–water partition coefficient (Wildman–Crippen LogP) is 0.719. The van der Waals surface area contributed by atoms with Crippen molar-refractivity contribution in [1.82, 2.24) is 24.6 Å². The predicted molar refractivity (Wildman–Crippen MR) is 83.6 cm³/mol. The largest absolute Gasteiger partial charge is 0.480 e. The molecule has 8 nitrogen and oxygen atoms in total. The molecule has 0 unspecified atom stereocenters. The van der Waals surface area contributed by atoms with Crippen LogP contribution in [-0.2, 0) is 17.9 Å². The fraction of sp³-hybridized carbons (Fsp3) is 0.467. The van der Waals surface area contributed by atoms with Gasteiger partial charge in [0.2, 0.25) is 5.95 Å². The molecule has 0 amide bonds. The van der Waals surface area contributed by atoms with Gasteiger partial charge in [-0.1, -0.05) is 0 Å². The molecule has 1 aliphatic heterocycles. The van der Waals surface area contributed by atoms with Crippen LogP contribution >= 0.6 is 0 Å². The fourth-order valence-electron chi connectivity index (χ4n) is 2.97. The van der Waals surface area contributed by atoms with Crippen molar-refractivity contribution in [3.8, 4) is 0 Å². The summed E-state index contributed by atoms with van der Waals surface area (Å²) in [5, 5.41) is 13.2. The van der Waals surface area contributed by atoms with Crippen LogP contribution in [0.15, 0.2) is 24.7 Å². The molecular weight excluding hydrogens is 296 g/mol. The quantitative estimate of drug-likeness (QED) is 0.836. The van der Waals surface area contributed by atoms with Gasteiger partial charge in [-0.05, 0) is 25.5 Å². The minimum Gasteiger partial charge on any atom is -0.480 e. The Kier molecular flexibility index (Phi) is 4.52. The highest BCUT2D eigenvalue weighted by Crippen LogP contribution is 2.26. The zero-order valence-corrected chi connectivity index (χ0v) is 12.8. The van der Waals surface area contributed by atoms with Crippen molar-refractivity contribution in [1.29, 1.82) is 0 Å². The van der Waals surface area contributed by atoms with Gasteiger partial charge in [-0.25, -0.2) is 9.97 Å². The molecule has 1 aliphatic rings. The van der Waals surface area contributed by atoms with Crippen LogP contribution in [0.25, 0.3) is 0 Å². The van der Waals surface area contributed by atoms with Gasteiger partial charge in [0.25, 0.3) is 0 Å². The summed E-state index contributed by atoms with van der Waals surface area (Å²) in [6.07, 6.45) is 7.41. The lowest BCUT2D eigenvalue weighted by atomic mass is 9.95. The van der Waals surface area contributed by atoms with Crippen LogP contribution in [0.3, 0.4) is 0 Å². The number of nitrogens with two attached hydrogens (primary N) is 1. The number of likely N-dealkylation sites (tertiary alicyclic amines) is 1. The van der Waals surface area contributed by atoms with E-state index in [0.29, 0.717) is 5.92 Å². The van der Waals surface area contributed by atoms with Gasteiger partial charge in [-0.15, -0.1) is 0 Å². The van der Waals surface area contributed by atoms with Crippen molar-refractivity contribution in [2.24, 2.45) is 0 Å². The van der Waals surface area contributed by atoms with Crippen molar-refractivity contribution in [2.45, 2.75) is 31.8 Å². The Morgan fingerprint density at radius 3 is 2.91 bits per heavy atom. The molecule has 0 radical (unpaired) electrons. The number of carboxylic acid groups (broad SMARTS) is 1. The lowest BCUT2D eigenvalue weighted by Gasteiger charge is -2.31. The number of aliphatic carboxylic acids is 1. The van der Waals surface area contributed by atoms with Gasteiger partial charge in [0.1, 0.15) is 6.54 Å². The molecule has 0 saturated carbocycles. The second-order valence-corrected chi connectivity index (χ2v) is 5.86. The van der Waals surface area contributed by atoms with Crippen LogP contribution in [0.1, 0.15) is 30.0 Å². The maximum atomic E-state index is 10.7. The monoisotopic (exact) mass is 316 g/mol. The van der Waals surface area contributed by atoms with Gasteiger partial charge in [0.15, 0.2) is 0 Å². The molecule has 1 atom stereocenters. The Hall–Kier alpha value is -2.48. The van der Waals surface area contributed by atoms with Gasteiger partial charge in [0, 0.05) is 43.2 Å². The maximum Gasteiger partial charge on any atom is 0.325 e. The van der Waals surface area contributed by atoms with E-state index in [-0.39, 0.29) is 12.5 Å². The number of nitrogens with zero attached hydrogens (tertiary/aromatic N) is 5. The lowest BCUT2D eigenvalue weighted by molar-refractivity contribution is -0.137. The molecule has 2 aromatic heterocycles. The number of hydrogen-bond acceptors (Lipinski definition) is 6. The normalized spacial score (nSPS) is 18.9. The highest BCUT2D eigenvalue weighted by molar-refractivity contribution is 5.66. The van der Waals surface area contributed by atoms with Crippen LogP contribution in [0.5, 0.6) is 0 Å². The van der Waals surface area contributed by atoms with Crippen LogP contribution in [0, 0.1) is 0 Å². The SMILES string of the molecule is Nc1ncc(CN2CCC[C@@H](c3ccn(CC(=O)O)n3)C2)cn1. The second-order valence-electron chi connectivity index (χ2n) is 5.86. The van der Waals surface area contributed by atoms with Crippen molar-refractivity contribution >= 4 is 11.9 Å². The molecule has 3 heterocycles. The molecule has 1 saturated heterocycles. The Bertz CT molecular complexity index is 669. The molecule has 23 heavy (non-hydrogen) atoms. The van der Waals surface area contributed by atoms with Crippen molar-refractivity contribution in [3.63, 3.8) is 0 Å². The first-order chi connectivity index (χ1) is 11.1. The average molecular weight is 316 g/mol. The van der Waals surface area contributed by atoms with E-state index in [0.717, 1.165) is 43.7 Å². The second kappa shape index (κ2) is 6.74. The smallest absolute Gasteiger partial charge is 0.325 e. The zero-order chi connectivity index (χ0) is 16.2. The third-order valence-corrected chi connectivity index (χ3v) is 4.01. The van der Waals surface area contributed by atoms with Crippen molar-refractivity contribution in [3.05, 3.63) is 35.9 Å². The van der Waals surface area contributed by atoms with Gasteiger partial charge in [-0.2, -0.15) is 5.10 Å². The summed E-state index contributed by atoms with van der Waals surface area (Å²) >= 11 is 0. The van der Waals surface area contributed by atoms with E-state index in [1.54, 1.807) is 18.6 Å². The average Bonchev–Trinajstić information content (AvgIpc) is 2.98. The molecule has 2 aromatic rings. The highest BCUT2D eigenvalue weighted by atomic mass is 16.4. The van der Waals surface area contributed by atoms with Gasteiger partial charge in [-0.3, -0.25) is 14.4 Å². The number of carboxylic acids is 1. The first-order valence-electron chi connectivity index (χ1n) is 7.64. The van der Waals surface area contributed by atoms with Gasteiger partial charge in [0.05, 0.1) is 5.69 Å².